The number of nitrogens with one attached hydrogen (secondary N) is 1. The van der Waals surface area contributed by atoms with Gasteiger partial charge in [0.1, 0.15) is 17.9 Å². The Labute approximate surface area is 160 Å². The molecule has 1 aromatic heterocycles. The van der Waals surface area contributed by atoms with E-state index in [4.69, 9.17) is 0 Å². The van der Waals surface area contributed by atoms with Gasteiger partial charge in [-0.3, -0.25) is 0 Å². The molecule has 4 rings (SSSR count). The molecule has 0 radical (unpaired) electrons. The lowest BCUT2D eigenvalue weighted by Crippen LogP contribution is -2.30. The van der Waals surface area contributed by atoms with Crippen molar-refractivity contribution in [3.8, 4) is 11.3 Å². The lowest BCUT2D eigenvalue weighted by molar-refractivity contribution is 0.588. The number of aromatic nitrogens is 1. The highest BCUT2D eigenvalue weighted by atomic mass is 32.2. The Kier molecular flexibility index (Phi) is 4.70. The molecule has 0 saturated carbocycles. The van der Waals surface area contributed by atoms with E-state index in [2.05, 4.69) is 9.88 Å². The molecule has 1 N–H and O–H groups in total. The van der Waals surface area contributed by atoms with E-state index in [1.165, 1.54) is 18.2 Å². The third kappa shape index (κ3) is 3.35. The summed E-state index contributed by atoms with van der Waals surface area (Å²) in [4.78, 5) is 6.25. The van der Waals surface area contributed by atoms with Gasteiger partial charge in [0.25, 0.3) is 0 Å². The zero-order valence-electron chi connectivity index (χ0n) is 15.2. The van der Waals surface area contributed by atoms with E-state index in [1.807, 2.05) is 31.2 Å². The summed E-state index contributed by atoms with van der Waals surface area (Å²) in [5.74, 6) is -1.13. The van der Waals surface area contributed by atoms with Gasteiger partial charge < -0.3 is 14.4 Å². The molecule has 1 aliphatic heterocycles. The Bertz CT molecular complexity index is 980. The maximum atomic E-state index is 14.1. The summed E-state index contributed by atoms with van der Waals surface area (Å²) in [5, 5.41) is 0. The minimum absolute atomic E-state index is 0.00981. The Hall–Kier alpha value is -2.31. The molecule has 0 amide bonds. The van der Waals surface area contributed by atoms with E-state index in [1.54, 1.807) is 6.26 Å². The number of aryl methyl sites for hydroxylation is 1. The van der Waals surface area contributed by atoms with Crippen LogP contribution < -0.4 is 4.90 Å². The first-order valence-electron chi connectivity index (χ1n) is 8.78. The summed E-state index contributed by atoms with van der Waals surface area (Å²) in [7, 11) is 0. The monoisotopic (exact) mass is 386 g/mol. The molecule has 0 fully saturated rings. The third-order valence-corrected chi connectivity index (χ3v) is 5.98. The molecule has 6 heteroatoms. The van der Waals surface area contributed by atoms with Crippen molar-refractivity contribution in [1.82, 2.24) is 4.98 Å². The summed E-state index contributed by atoms with van der Waals surface area (Å²) < 4.78 is 39.9. The Balaban J connectivity index is 1.64. The van der Waals surface area contributed by atoms with Crippen molar-refractivity contribution >= 4 is 16.9 Å². The number of aromatic amines is 1. The molecule has 140 valence electrons. The molecule has 1 aliphatic rings. The van der Waals surface area contributed by atoms with E-state index < -0.39 is 22.8 Å². The van der Waals surface area contributed by atoms with Crippen LogP contribution >= 0.6 is 0 Å². The number of nitrogens with zero attached hydrogens (tertiary/aromatic N) is 1. The zero-order valence-corrected chi connectivity index (χ0v) is 16.0. The van der Waals surface area contributed by atoms with Crippen LogP contribution in [0.3, 0.4) is 0 Å². The van der Waals surface area contributed by atoms with E-state index in [0.29, 0.717) is 12.2 Å². The van der Waals surface area contributed by atoms with Crippen LogP contribution in [0.5, 0.6) is 0 Å². The molecule has 2 aromatic carbocycles. The summed E-state index contributed by atoms with van der Waals surface area (Å²) in [6, 6.07) is 11.6. The van der Waals surface area contributed by atoms with Gasteiger partial charge in [0.05, 0.1) is 11.3 Å². The van der Waals surface area contributed by atoms with Crippen LogP contribution in [0.2, 0.25) is 0 Å². The van der Waals surface area contributed by atoms with Crippen LogP contribution in [0.15, 0.2) is 47.4 Å². The maximum Gasteiger partial charge on any atom is 0.152 e. The van der Waals surface area contributed by atoms with E-state index in [9.17, 15) is 13.3 Å². The van der Waals surface area contributed by atoms with Crippen LogP contribution in [0.4, 0.5) is 14.5 Å². The second-order valence-electron chi connectivity index (χ2n) is 6.86. The SMILES string of the molecule is Cc1cc([S+](C)[O-])ccc1N1CCc2[nH]c(-c3c(F)cccc3F)cc2C1. The van der Waals surface area contributed by atoms with Crippen molar-refractivity contribution in [2.75, 3.05) is 17.7 Å². The van der Waals surface area contributed by atoms with Gasteiger partial charge in [-0.05, 0) is 65.6 Å². The molecule has 2 heterocycles. The average Bonchev–Trinajstić information content (AvgIpc) is 3.04. The first-order valence-corrected chi connectivity index (χ1v) is 10.3. The molecule has 1 atom stereocenters. The van der Waals surface area contributed by atoms with Gasteiger partial charge in [-0.25, -0.2) is 8.78 Å². The maximum absolute atomic E-state index is 14.1. The Morgan fingerprint density at radius 3 is 2.52 bits per heavy atom. The molecular formula is C21H20F2N2OS. The van der Waals surface area contributed by atoms with Gasteiger partial charge in [-0.15, -0.1) is 0 Å². The predicted molar refractivity (Wildman–Crippen MR) is 104 cm³/mol. The van der Waals surface area contributed by atoms with Crippen LogP contribution in [0.25, 0.3) is 11.3 Å². The average molecular weight is 386 g/mol. The smallest absolute Gasteiger partial charge is 0.152 e. The minimum Gasteiger partial charge on any atom is -0.612 e. The fourth-order valence-electron chi connectivity index (χ4n) is 3.69. The highest BCUT2D eigenvalue weighted by molar-refractivity contribution is 7.90. The van der Waals surface area contributed by atoms with E-state index in [-0.39, 0.29) is 5.56 Å². The quantitative estimate of drug-likeness (QED) is 0.670. The first kappa shape index (κ1) is 18.1. The number of halogens is 2. The standard InChI is InChI=1S/C21H20F2N2OS/c1-13-10-15(27(2)26)6-7-20(13)25-9-8-18-14(12-25)11-19(24-18)21-16(22)4-3-5-17(21)23/h3-7,10-11,24H,8-9,12H2,1-2H3. The highest BCUT2D eigenvalue weighted by Crippen LogP contribution is 2.32. The van der Waals surface area contributed by atoms with Crippen molar-refractivity contribution in [2.24, 2.45) is 0 Å². The molecule has 3 nitrogen and oxygen atoms in total. The van der Waals surface area contributed by atoms with Gasteiger partial charge in [-0.2, -0.15) is 0 Å². The van der Waals surface area contributed by atoms with Crippen molar-refractivity contribution < 1.29 is 13.3 Å². The minimum atomic E-state index is -1.01. The van der Waals surface area contributed by atoms with E-state index >= 15 is 0 Å². The lowest BCUT2D eigenvalue weighted by atomic mass is 10.0. The molecule has 0 aliphatic carbocycles. The van der Waals surface area contributed by atoms with Crippen LogP contribution in [0, 0.1) is 18.6 Å². The zero-order chi connectivity index (χ0) is 19.1. The summed E-state index contributed by atoms with van der Waals surface area (Å²) in [6.45, 7) is 3.48. The van der Waals surface area contributed by atoms with Crippen molar-refractivity contribution in [3.63, 3.8) is 0 Å². The lowest BCUT2D eigenvalue weighted by Gasteiger charge is -2.30. The van der Waals surface area contributed by atoms with Crippen LogP contribution in [-0.2, 0) is 24.1 Å². The third-order valence-electron chi connectivity index (χ3n) is 5.06. The molecule has 1 unspecified atom stereocenters. The number of H-pyrrole nitrogens is 1. The molecular weight excluding hydrogens is 366 g/mol. The van der Waals surface area contributed by atoms with Crippen LogP contribution in [-0.4, -0.2) is 22.3 Å². The van der Waals surface area contributed by atoms with Crippen molar-refractivity contribution in [3.05, 3.63) is 70.9 Å². The summed E-state index contributed by atoms with van der Waals surface area (Å²) in [6.07, 6.45) is 2.44. The van der Waals surface area contributed by atoms with E-state index in [0.717, 1.165) is 40.4 Å². The second-order valence-corrected chi connectivity index (χ2v) is 8.24. The predicted octanol–water partition coefficient (Wildman–Crippen LogP) is 4.57. The number of benzene rings is 2. The molecule has 0 spiro atoms. The largest absolute Gasteiger partial charge is 0.612 e. The fraction of sp³-hybridized carbons (Fsp3) is 0.238. The summed E-state index contributed by atoms with van der Waals surface area (Å²) in [5.41, 5.74) is 4.70. The normalized spacial score (nSPS) is 14.9. The second kappa shape index (κ2) is 7.02. The number of rotatable bonds is 3. The van der Waals surface area contributed by atoms with Gasteiger partial charge in [0.15, 0.2) is 4.90 Å². The van der Waals surface area contributed by atoms with Crippen molar-refractivity contribution in [1.29, 1.82) is 0 Å². The van der Waals surface area contributed by atoms with Gasteiger partial charge in [0.2, 0.25) is 0 Å². The molecule has 0 saturated heterocycles. The van der Waals surface area contributed by atoms with Gasteiger partial charge >= 0.3 is 0 Å². The fourth-order valence-corrected chi connectivity index (χ4v) is 4.30. The highest BCUT2D eigenvalue weighted by Gasteiger charge is 2.23. The number of hydrogen-bond donors (Lipinski definition) is 1. The Morgan fingerprint density at radius 1 is 1.11 bits per heavy atom. The van der Waals surface area contributed by atoms with Crippen molar-refractivity contribution in [2.45, 2.75) is 24.8 Å². The number of anilines is 1. The first-order chi connectivity index (χ1) is 12.9. The molecule has 0 bridgehead atoms. The Morgan fingerprint density at radius 2 is 1.85 bits per heavy atom. The van der Waals surface area contributed by atoms with Gasteiger partial charge in [-0.1, -0.05) is 6.07 Å². The summed E-state index contributed by atoms with van der Waals surface area (Å²) >= 11 is -1.01. The number of hydrogen-bond acceptors (Lipinski definition) is 2. The van der Waals surface area contributed by atoms with Gasteiger partial charge in [0, 0.05) is 30.9 Å². The molecule has 3 aromatic rings. The topological polar surface area (TPSA) is 42.1 Å². The molecule has 27 heavy (non-hydrogen) atoms. The number of fused-ring (bicyclic) bond motifs is 1. The van der Waals surface area contributed by atoms with Crippen LogP contribution in [0.1, 0.15) is 16.8 Å².